The van der Waals surface area contributed by atoms with Crippen molar-refractivity contribution in [1.82, 2.24) is 0 Å². The van der Waals surface area contributed by atoms with E-state index < -0.39 is 0 Å². The third-order valence-electron chi connectivity index (χ3n) is 2.09. The molecule has 0 aliphatic heterocycles. The molecule has 0 saturated heterocycles. The molecule has 0 spiro atoms. The molecule has 0 fully saturated rings. The summed E-state index contributed by atoms with van der Waals surface area (Å²) < 4.78 is 6.58. The van der Waals surface area contributed by atoms with Crippen LogP contribution in [0.5, 0.6) is 0 Å². The fourth-order valence-electron chi connectivity index (χ4n) is 1.25. The summed E-state index contributed by atoms with van der Waals surface area (Å²) in [5.41, 5.74) is 6.01. The van der Waals surface area contributed by atoms with E-state index in [2.05, 4.69) is 27.4 Å². The van der Waals surface area contributed by atoms with E-state index >= 15 is 0 Å². The molecule has 80 valence electrons. The number of ether oxygens (including phenoxy) is 1. The fourth-order valence-corrected chi connectivity index (χ4v) is 2.77. The number of thiophene rings is 1. The summed E-state index contributed by atoms with van der Waals surface area (Å²) in [5.74, 6) is 0. The van der Waals surface area contributed by atoms with Gasteiger partial charge in [-0.3, -0.25) is 0 Å². The Morgan fingerprint density at radius 3 is 2.86 bits per heavy atom. The maximum atomic E-state index is 6.01. The Morgan fingerprint density at radius 2 is 2.36 bits per heavy atom. The quantitative estimate of drug-likeness (QED) is 0.899. The van der Waals surface area contributed by atoms with Gasteiger partial charge in [0, 0.05) is 27.4 Å². The van der Waals surface area contributed by atoms with Crippen LogP contribution in [0.25, 0.3) is 0 Å². The first-order valence-electron chi connectivity index (χ1n) is 4.73. The molecular weight excluding hydrogens is 262 g/mol. The molecule has 0 saturated carbocycles. The minimum atomic E-state index is 0.0838. The van der Waals surface area contributed by atoms with Crippen molar-refractivity contribution in [2.24, 2.45) is 5.73 Å². The van der Waals surface area contributed by atoms with Crippen LogP contribution in [0.3, 0.4) is 0 Å². The Hall–Kier alpha value is 0.1000. The minimum Gasteiger partial charge on any atom is -0.377 e. The monoisotopic (exact) mass is 277 g/mol. The first-order valence-corrected chi connectivity index (χ1v) is 6.40. The SMILES string of the molecule is CCOC(C)C(N)Cc1cc(Br)cs1. The van der Waals surface area contributed by atoms with E-state index in [0.717, 1.165) is 17.5 Å². The van der Waals surface area contributed by atoms with Crippen LogP contribution in [0, 0.1) is 0 Å². The summed E-state index contributed by atoms with van der Waals surface area (Å²) in [7, 11) is 0. The minimum absolute atomic E-state index is 0.0838. The molecule has 0 aliphatic carbocycles. The zero-order valence-corrected chi connectivity index (χ0v) is 10.9. The van der Waals surface area contributed by atoms with Gasteiger partial charge in [-0.2, -0.15) is 0 Å². The number of nitrogens with two attached hydrogens (primary N) is 1. The van der Waals surface area contributed by atoms with E-state index in [1.165, 1.54) is 4.88 Å². The van der Waals surface area contributed by atoms with E-state index in [9.17, 15) is 0 Å². The van der Waals surface area contributed by atoms with E-state index in [1.807, 2.05) is 13.8 Å². The topological polar surface area (TPSA) is 35.2 Å². The number of rotatable bonds is 5. The normalized spacial score (nSPS) is 15.4. The molecule has 1 rings (SSSR count). The van der Waals surface area contributed by atoms with Gasteiger partial charge in [0.05, 0.1) is 6.10 Å². The van der Waals surface area contributed by atoms with Crippen LogP contribution in [0.15, 0.2) is 15.9 Å². The van der Waals surface area contributed by atoms with Crippen LogP contribution in [0.4, 0.5) is 0 Å². The summed E-state index contributed by atoms with van der Waals surface area (Å²) in [5, 5.41) is 2.08. The highest BCUT2D eigenvalue weighted by Gasteiger charge is 2.13. The van der Waals surface area contributed by atoms with Gasteiger partial charge in [0.2, 0.25) is 0 Å². The van der Waals surface area contributed by atoms with Crippen LogP contribution >= 0.6 is 27.3 Å². The molecule has 0 aliphatic rings. The molecule has 0 bridgehead atoms. The highest BCUT2D eigenvalue weighted by Crippen LogP contribution is 2.21. The molecule has 1 heterocycles. The highest BCUT2D eigenvalue weighted by molar-refractivity contribution is 9.10. The van der Waals surface area contributed by atoms with Crippen LogP contribution in [0.2, 0.25) is 0 Å². The molecule has 0 radical (unpaired) electrons. The van der Waals surface area contributed by atoms with Gasteiger partial charge in [-0.05, 0) is 42.3 Å². The van der Waals surface area contributed by atoms with E-state index in [1.54, 1.807) is 11.3 Å². The van der Waals surface area contributed by atoms with Gasteiger partial charge in [0.15, 0.2) is 0 Å². The molecule has 2 atom stereocenters. The second-order valence-corrected chi connectivity index (χ2v) is 5.17. The molecule has 1 aromatic rings. The lowest BCUT2D eigenvalue weighted by Crippen LogP contribution is -2.36. The molecule has 14 heavy (non-hydrogen) atoms. The fraction of sp³-hybridized carbons (Fsp3) is 0.600. The van der Waals surface area contributed by atoms with Gasteiger partial charge in [-0.15, -0.1) is 11.3 Å². The highest BCUT2D eigenvalue weighted by atomic mass is 79.9. The average molecular weight is 278 g/mol. The van der Waals surface area contributed by atoms with Crippen molar-refractivity contribution in [1.29, 1.82) is 0 Å². The molecule has 4 heteroatoms. The smallest absolute Gasteiger partial charge is 0.0701 e. The summed E-state index contributed by atoms with van der Waals surface area (Å²) in [4.78, 5) is 1.30. The lowest BCUT2D eigenvalue weighted by molar-refractivity contribution is 0.0579. The molecule has 0 amide bonds. The molecule has 0 aromatic carbocycles. The molecule has 2 N–H and O–H groups in total. The van der Waals surface area contributed by atoms with Crippen LogP contribution < -0.4 is 5.73 Å². The largest absolute Gasteiger partial charge is 0.377 e. The van der Waals surface area contributed by atoms with Gasteiger partial charge >= 0.3 is 0 Å². The van der Waals surface area contributed by atoms with Gasteiger partial charge < -0.3 is 10.5 Å². The number of hydrogen-bond acceptors (Lipinski definition) is 3. The third kappa shape index (κ3) is 3.69. The van der Waals surface area contributed by atoms with Crippen molar-refractivity contribution >= 4 is 27.3 Å². The predicted octanol–water partition coefficient (Wildman–Crippen LogP) is 2.81. The van der Waals surface area contributed by atoms with Crippen molar-refractivity contribution in [2.45, 2.75) is 32.4 Å². The second-order valence-electron chi connectivity index (χ2n) is 3.26. The average Bonchev–Trinajstić information content (AvgIpc) is 2.51. The summed E-state index contributed by atoms with van der Waals surface area (Å²) in [6.07, 6.45) is 1.01. The standard InChI is InChI=1S/C10H16BrNOS/c1-3-13-7(2)10(12)5-9-4-8(11)6-14-9/h4,6-7,10H,3,5,12H2,1-2H3. The van der Waals surface area contributed by atoms with Gasteiger partial charge in [-0.25, -0.2) is 0 Å². The molecule has 2 unspecified atom stereocenters. The first-order chi connectivity index (χ1) is 6.63. The number of halogens is 1. The summed E-state index contributed by atoms with van der Waals surface area (Å²) in [6.45, 7) is 4.74. The summed E-state index contributed by atoms with van der Waals surface area (Å²) >= 11 is 5.16. The Kier molecular flexibility index (Phi) is 5.09. The van der Waals surface area contributed by atoms with Crippen molar-refractivity contribution < 1.29 is 4.74 Å². The third-order valence-corrected chi connectivity index (χ3v) is 3.81. The zero-order valence-electron chi connectivity index (χ0n) is 8.50. The molecule has 1 aromatic heterocycles. The zero-order chi connectivity index (χ0) is 10.6. The van der Waals surface area contributed by atoms with Gasteiger partial charge in [0.1, 0.15) is 0 Å². The van der Waals surface area contributed by atoms with Gasteiger partial charge in [0.25, 0.3) is 0 Å². The van der Waals surface area contributed by atoms with Crippen LogP contribution in [-0.4, -0.2) is 18.8 Å². The Morgan fingerprint density at radius 1 is 1.64 bits per heavy atom. The lowest BCUT2D eigenvalue weighted by Gasteiger charge is -2.18. The lowest BCUT2D eigenvalue weighted by atomic mass is 10.1. The second kappa shape index (κ2) is 5.85. The van der Waals surface area contributed by atoms with E-state index in [0.29, 0.717) is 0 Å². The number of hydrogen-bond donors (Lipinski definition) is 1. The van der Waals surface area contributed by atoms with Crippen LogP contribution in [0.1, 0.15) is 18.7 Å². The Labute approximate surface area is 97.6 Å². The summed E-state index contributed by atoms with van der Waals surface area (Å²) in [6, 6.07) is 2.20. The van der Waals surface area contributed by atoms with Crippen molar-refractivity contribution in [3.05, 3.63) is 20.8 Å². The molecule has 2 nitrogen and oxygen atoms in total. The maximum absolute atomic E-state index is 6.01. The predicted molar refractivity (Wildman–Crippen MR) is 64.8 cm³/mol. The maximum Gasteiger partial charge on any atom is 0.0701 e. The van der Waals surface area contributed by atoms with Crippen molar-refractivity contribution in [2.75, 3.05) is 6.61 Å². The van der Waals surface area contributed by atoms with Crippen molar-refractivity contribution in [3.8, 4) is 0 Å². The van der Waals surface area contributed by atoms with E-state index in [4.69, 9.17) is 10.5 Å². The Balaban J connectivity index is 2.43. The van der Waals surface area contributed by atoms with E-state index in [-0.39, 0.29) is 12.1 Å². The first kappa shape index (κ1) is 12.2. The molecular formula is C10H16BrNOS. The van der Waals surface area contributed by atoms with Gasteiger partial charge in [-0.1, -0.05) is 0 Å². The van der Waals surface area contributed by atoms with Crippen molar-refractivity contribution in [3.63, 3.8) is 0 Å². The van der Waals surface area contributed by atoms with Crippen LogP contribution in [-0.2, 0) is 11.2 Å². The Bertz CT molecular complexity index is 277.